The van der Waals surface area contributed by atoms with Crippen LogP contribution in [0.3, 0.4) is 0 Å². The summed E-state index contributed by atoms with van der Waals surface area (Å²) < 4.78 is 32.7. The zero-order valence-electron chi connectivity index (χ0n) is 12.0. The number of benzene rings is 1. The van der Waals surface area contributed by atoms with Crippen molar-refractivity contribution in [3.63, 3.8) is 0 Å². The predicted octanol–water partition coefficient (Wildman–Crippen LogP) is -0.533. The molecule has 0 aliphatic rings. The van der Waals surface area contributed by atoms with Crippen molar-refractivity contribution in [1.82, 2.24) is 0 Å². The summed E-state index contributed by atoms with van der Waals surface area (Å²) in [6.07, 6.45) is 0. The molecule has 6 heteroatoms. The molecule has 1 unspecified atom stereocenters. The minimum Gasteiger partial charge on any atom is -0.768 e. The van der Waals surface area contributed by atoms with Crippen molar-refractivity contribution in [2.45, 2.75) is 31.6 Å². The molecular formula is C13H19NaO4S. The fraction of sp³-hybridized carbons (Fsp3) is 0.538. The quantitative estimate of drug-likeness (QED) is 0.385. The summed E-state index contributed by atoms with van der Waals surface area (Å²) in [7, 11) is 0. The average molecular weight is 294 g/mol. The van der Waals surface area contributed by atoms with Crippen LogP contribution in [0, 0.1) is 0 Å². The Labute approximate surface area is 139 Å². The first-order valence-corrected chi connectivity index (χ1v) is 7.07. The molecular weight excluding hydrogens is 275 g/mol. The summed E-state index contributed by atoms with van der Waals surface area (Å²) in [6.45, 7) is 7.59. The molecule has 0 fully saturated rings. The summed E-state index contributed by atoms with van der Waals surface area (Å²) in [5.41, 5.74) is 0.896. The van der Waals surface area contributed by atoms with Gasteiger partial charge in [-0.15, -0.1) is 0 Å². The van der Waals surface area contributed by atoms with Gasteiger partial charge >= 0.3 is 29.6 Å². The monoisotopic (exact) mass is 294 g/mol. The van der Waals surface area contributed by atoms with E-state index in [-0.39, 0.29) is 40.4 Å². The summed E-state index contributed by atoms with van der Waals surface area (Å²) in [4.78, 5) is 0.288. The molecule has 0 radical (unpaired) electrons. The second kappa shape index (κ2) is 9.91. The first-order chi connectivity index (χ1) is 8.56. The zero-order valence-corrected chi connectivity index (χ0v) is 14.8. The van der Waals surface area contributed by atoms with Crippen LogP contribution in [0.1, 0.15) is 32.3 Å². The van der Waals surface area contributed by atoms with E-state index < -0.39 is 11.1 Å². The van der Waals surface area contributed by atoms with Crippen molar-refractivity contribution in [1.29, 1.82) is 0 Å². The van der Waals surface area contributed by atoms with Gasteiger partial charge in [-0.3, -0.25) is 4.21 Å². The van der Waals surface area contributed by atoms with E-state index in [9.17, 15) is 8.76 Å². The van der Waals surface area contributed by atoms with Gasteiger partial charge in [-0.2, -0.15) is 0 Å². The predicted molar refractivity (Wildman–Crippen MR) is 69.7 cm³/mol. The molecule has 0 saturated carbocycles. The van der Waals surface area contributed by atoms with Crippen LogP contribution in [0.2, 0.25) is 0 Å². The van der Waals surface area contributed by atoms with Gasteiger partial charge in [0.1, 0.15) is 12.4 Å². The molecule has 0 heterocycles. The van der Waals surface area contributed by atoms with Gasteiger partial charge in [0.05, 0.1) is 6.61 Å². The Morgan fingerprint density at radius 3 is 2.53 bits per heavy atom. The third kappa shape index (κ3) is 6.38. The van der Waals surface area contributed by atoms with E-state index in [1.54, 1.807) is 18.2 Å². The van der Waals surface area contributed by atoms with E-state index in [2.05, 4.69) is 0 Å². The zero-order chi connectivity index (χ0) is 13.5. The molecule has 0 spiro atoms. The number of hydrogen-bond acceptors (Lipinski definition) is 4. The van der Waals surface area contributed by atoms with Crippen molar-refractivity contribution in [2.75, 3.05) is 19.8 Å². The number of hydrogen-bond donors (Lipinski definition) is 0. The normalized spacial score (nSPS) is 12.1. The molecule has 0 aliphatic carbocycles. The van der Waals surface area contributed by atoms with Gasteiger partial charge in [0.2, 0.25) is 0 Å². The fourth-order valence-electron chi connectivity index (χ4n) is 1.57. The Morgan fingerprint density at radius 1 is 1.32 bits per heavy atom. The van der Waals surface area contributed by atoms with Crippen LogP contribution in [0.15, 0.2) is 23.1 Å². The number of ether oxygens (including phenoxy) is 2. The molecule has 0 saturated heterocycles. The van der Waals surface area contributed by atoms with Crippen LogP contribution in [0.5, 0.6) is 5.75 Å². The van der Waals surface area contributed by atoms with Gasteiger partial charge in [0, 0.05) is 11.5 Å². The minimum absolute atomic E-state index is 0. The summed E-state index contributed by atoms with van der Waals surface area (Å²) in [5, 5.41) is 0. The topological polar surface area (TPSA) is 58.6 Å². The van der Waals surface area contributed by atoms with Gasteiger partial charge in [-0.1, -0.05) is 13.8 Å². The third-order valence-electron chi connectivity index (χ3n) is 2.49. The maximum Gasteiger partial charge on any atom is 1.00 e. The molecule has 0 amide bonds. The maximum absolute atomic E-state index is 10.9. The average Bonchev–Trinajstić information content (AvgIpc) is 2.34. The van der Waals surface area contributed by atoms with Gasteiger partial charge in [-0.05, 0) is 47.7 Å². The number of rotatable bonds is 7. The Kier molecular flexibility index (Phi) is 9.96. The smallest absolute Gasteiger partial charge is 0.768 e. The van der Waals surface area contributed by atoms with E-state index >= 15 is 0 Å². The molecule has 1 aromatic rings. The molecule has 102 valence electrons. The van der Waals surface area contributed by atoms with Crippen molar-refractivity contribution in [3.8, 4) is 5.75 Å². The van der Waals surface area contributed by atoms with Crippen LogP contribution < -0.4 is 34.3 Å². The Bertz CT molecular complexity index is 410. The van der Waals surface area contributed by atoms with E-state index in [0.717, 1.165) is 11.3 Å². The minimum atomic E-state index is -2.20. The molecule has 4 nitrogen and oxygen atoms in total. The van der Waals surface area contributed by atoms with E-state index in [1.807, 2.05) is 20.8 Å². The van der Waals surface area contributed by atoms with Crippen LogP contribution >= 0.6 is 0 Å². The first-order valence-electron chi connectivity index (χ1n) is 6.00. The van der Waals surface area contributed by atoms with Crippen molar-refractivity contribution in [2.24, 2.45) is 0 Å². The molecule has 1 aromatic carbocycles. The van der Waals surface area contributed by atoms with Gasteiger partial charge in [-0.25, -0.2) is 0 Å². The van der Waals surface area contributed by atoms with Crippen LogP contribution in [0.25, 0.3) is 0 Å². The standard InChI is InChI=1S/C13H20O4S.Na/c1-4-16-7-8-17-13-6-5-11(18(14)15)9-12(13)10(2)3;/h5-6,9-10H,4,7-8H2,1-3H3,(H,14,15);/q;+1/p-1. The first kappa shape index (κ1) is 19.1. The van der Waals surface area contributed by atoms with Crippen LogP contribution in [0.4, 0.5) is 0 Å². The molecule has 0 bridgehead atoms. The van der Waals surface area contributed by atoms with Gasteiger partial charge in [0.25, 0.3) is 0 Å². The molecule has 1 atom stereocenters. The largest absolute Gasteiger partial charge is 1.00 e. The molecule has 0 aromatic heterocycles. The van der Waals surface area contributed by atoms with Crippen LogP contribution in [-0.2, 0) is 15.8 Å². The van der Waals surface area contributed by atoms with Crippen molar-refractivity contribution < 1.29 is 47.8 Å². The maximum atomic E-state index is 10.9. The second-order valence-corrected chi connectivity index (χ2v) is 5.08. The SMILES string of the molecule is CCOCCOc1ccc(S(=O)[O-])cc1C(C)C.[Na+]. The van der Waals surface area contributed by atoms with E-state index in [1.165, 1.54) is 0 Å². The fourth-order valence-corrected chi connectivity index (χ4v) is 1.97. The van der Waals surface area contributed by atoms with E-state index in [4.69, 9.17) is 9.47 Å². The van der Waals surface area contributed by atoms with E-state index in [0.29, 0.717) is 19.8 Å². The Balaban J connectivity index is 0.00000324. The van der Waals surface area contributed by atoms with Crippen LogP contribution in [-0.4, -0.2) is 28.6 Å². The molecule has 0 N–H and O–H groups in total. The van der Waals surface area contributed by atoms with Crippen molar-refractivity contribution >= 4 is 11.1 Å². The second-order valence-electron chi connectivity index (χ2n) is 4.13. The van der Waals surface area contributed by atoms with Crippen molar-refractivity contribution in [3.05, 3.63) is 23.8 Å². The summed E-state index contributed by atoms with van der Waals surface area (Å²) >= 11 is -2.20. The Morgan fingerprint density at radius 2 is 2.00 bits per heavy atom. The molecule has 0 aliphatic heterocycles. The van der Waals surface area contributed by atoms with Gasteiger partial charge in [0.15, 0.2) is 0 Å². The van der Waals surface area contributed by atoms with Gasteiger partial charge < -0.3 is 14.0 Å². The summed E-state index contributed by atoms with van der Waals surface area (Å²) in [6, 6.07) is 4.90. The molecule has 19 heavy (non-hydrogen) atoms. The Hall–Kier alpha value is 0.0900. The molecule has 1 rings (SSSR count). The third-order valence-corrected chi connectivity index (χ3v) is 3.12. The summed E-state index contributed by atoms with van der Waals surface area (Å²) in [5.74, 6) is 0.925.